The zero-order valence-corrected chi connectivity index (χ0v) is 12.5. The first-order chi connectivity index (χ1) is 8.16. The zero-order valence-electron chi connectivity index (χ0n) is 10.1. The Morgan fingerprint density at radius 2 is 2.41 bits per heavy atom. The fraction of sp³-hybridized carbons (Fsp3) is 0.692. The molecule has 96 valence electrons. The van der Waals surface area contributed by atoms with Gasteiger partial charge in [0.15, 0.2) is 0 Å². The molecule has 1 aromatic rings. The predicted molar refractivity (Wildman–Crippen MR) is 74.5 cm³/mol. The molecule has 1 saturated heterocycles. The van der Waals surface area contributed by atoms with E-state index >= 15 is 0 Å². The molecule has 1 aliphatic rings. The Morgan fingerprint density at radius 1 is 1.59 bits per heavy atom. The largest absolute Gasteiger partial charge is 0.388 e. The van der Waals surface area contributed by atoms with Crippen LogP contribution in [0.15, 0.2) is 9.85 Å². The lowest BCUT2D eigenvalue weighted by Gasteiger charge is -2.23. The molecule has 17 heavy (non-hydrogen) atoms. The molecule has 0 aliphatic carbocycles. The van der Waals surface area contributed by atoms with Gasteiger partial charge in [0.2, 0.25) is 0 Å². The van der Waals surface area contributed by atoms with Crippen molar-refractivity contribution in [1.82, 2.24) is 0 Å². The molecule has 2 heterocycles. The molecule has 0 radical (unpaired) electrons. The third kappa shape index (κ3) is 3.78. The maximum absolute atomic E-state index is 10.1. The molecule has 0 aromatic carbocycles. The maximum atomic E-state index is 10.1. The fourth-order valence-corrected chi connectivity index (χ4v) is 3.76. The van der Waals surface area contributed by atoms with E-state index < -0.39 is 0 Å². The summed E-state index contributed by atoms with van der Waals surface area (Å²) in [5.74, 6) is 0. The molecular weight excluding hydrogens is 300 g/mol. The fourth-order valence-electron chi connectivity index (χ4n) is 2.17. The smallest absolute Gasteiger partial charge is 0.0883 e. The van der Waals surface area contributed by atoms with Crippen molar-refractivity contribution in [1.29, 1.82) is 0 Å². The van der Waals surface area contributed by atoms with Crippen LogP contribution in [0, 0.1) is 6.92 Å². The first kappa shape index (κ1) is 13.5. The molecule has 2 nitrogen and oxygen atoms in total. The number of aliphatic hydroxyl groups excluding tert-OH is 1. The van der Waals surface area contributed by atoms with Crippen LogP contribution in [-0.2, 0) is 4.74 Å². The Hall–Kier alpha value is 0.100. The van der Waals surface area contributed by atoms with Crippen molar-refractivity contribution in [3.63, 3.8) is 0 Å². The summed E-state index contributed by atoms with van der Waals surface area (Å²) in [6.07, 6.45) is 5.41. The summed E-state index contributed by atoms with van der Waals surface area (Å²) in [7, 11) is 0. The van der Waals surface area contributed by atoms with Crippen LogP contribution in [0.3, 0.4) is 0 Å². The van der Waals surface area contributed by atoms with Gasteiger partial charge in [-0.3, -0.25) is 0 Å². The highest BCUT2D eigenvalue weighted by Crippen LogP contribution is 2.33. The standard InChI is InChI=1S/C13H19BrO2S/c1-9-8-12(17-13(9)14)11(15)6-5-10-4-2-3-7-16-10/h8,10-11,15H,2-7H2,1H3. The monoisotopic (exact) mass is 318 g/mol. The van der Waals surface area contributed by atoms with Crippen LogP contribution >= 0.6 is 27.3 Å². The number of aliphatic hydroxyl groups is 1. The van der Waals surface area contributed by atoms with E-state index in [-0.39, 0.29) is 6.10 Å². The Bertz CT molecular complexity index is 339. The third-order valence-electron chi connectivity index (χ3n) is 3.24. The molecule has 1 aliphatic heterocycles. The summed E-state index contributed by atoms with van der Waals surface area (Å²) >= 11 is 5.13. The van der Waals surface area contributed by atoms with E-state index in [4.69, 9.17) is 4.74 Å². The van der Waals surface area contributed by atoms with E-state index in [0.717, 1.165) is 34.5 Å². The SMILES string of the molecule is Cc1cc(C(O)CCC2CCCCO2)sc1Br. The van der Waals surface area contributed by atoms with Gasteiger partial charge in [-0.05, 0) is 66.6 Å². The molecule has 1 aromatic heterocycles. The van der Waals surface area contributed by atoms with E-state index in [2.05, 4.69) is 28.9 Å². The van der Waals surface area contributed by atoms with Crippen LogP contribution in [0.2, 0.25) is 0 Å². The molecule has 0 bridgehead atoms. The summed E-state index contributed by atoms with van der Waals surface area (Å²) in [4.78, 5) is 1.06. The van der Waals surface area contributed by atoms with Gasteiger partial charge >= 0.3 is 0 Å². The normalized spacial score (nSPS) is 22.6. The number of rotatable bonds is 4. The third-order valence-corrected chi connectivity index (χ3v) is 5.48. The second-order valence-electron chi connectivity index (χ2n) is 4.69. The zero-order chi connectivity index (χ0) is 12.3. The number of hydrogen-bond donors (Lipinski definition) is 1. The minimum atomic E-state index is -0.337. The minimum Gasteiger partial charge on any atom is -0.388 e. The summed E-state index contributed by atoms with van der Waals surface area (Å²) < 4.78 is 6.80. The molecule has 1 fully saturated rings. The summed E-state index contributed by atoms with van der Waals surface area (Å²) in [5, 5.41) is 10.1. The highest BCUT2D eigenvalue weighted by Gasteiger charge is 2.17. The second kappa shape index (κ2) is 6.32. The number of aryl methyl sites for hydroxylation is 1. The van der Waals surface area contributed by atoms with Crippen LogP contribution in [-0.4, -0.2) is 17.8 Å². The van der Waals surface area contributed by atoms with Gasteiger partial charge in [-0.25, -0.2) is 0 Å². The van der Waals surface area contributed by atoms with E-state index in [1.807, 2.05) is 0 Å². The molecule has 2 rings (SSSR count). The van der Waals surface area contributed by atoms with Gasteiger partial charge in [-0.15, -0.1) is 11.3 Å². The first-order valence-electron chi connectivity index (χ1n) is 6.22. The molecule has 4 heteroatoms. The van der Waals surface area contributed by atoms with Crippen molar-refractivity contribution in [2.24, 2.45) is 0 Å². The molecular formula is C13H19BrO2S. The Kier molecular flexibility index (Phi) is 5.03. The van der Waals surface area contributed by atoms with Crippen molar-refractivity contribution in [3.05, 3.63) is 20.3 Å². The van der Waals surface area contributed by atoms with Gasteiger partial charge in [0.1, 0.15) is 0 Å². The van der Waals surface area contributed by atoms with Crippen LogP contribution in [0.5, 0.6) is 0 Å². The summed E-state index contributed by atoms with van der Waals surface area (Å²) in [5.41, 5.74) is 1.21. The lowest BCUT2D eigenvalue weighted by molar-refractivity contribution is 0.00236. The molecule has 0 amide bonds. The Labute approximate surface area is 115 Å². The first-order valence-corrected chi connectivity index (χ1v) is 7.83. The number of ether oxygens (including phenoxy) is 1. The number of hydrogen-bond acceptors (Lipinski definition) is 3. The minimum absolute atomic E-state index is 0.337. The number of thiophene rings is 1. The average Bonchev–Trinajstić information content (AvgIpc) is 2.68. The van der Waals surface area contributed by atoms with Crippen molar-refractivity contribution in [2.75, 3.05) is 6.61 Å². The van der Waals surface area contributed by atoms with Gasteiger partial charge in [0.05, 0.1) is 16.0 Å². The van der Waals surface area contributed by atoms with E-state index in [9.17, 15) is 5.11 Å². The lowest BCUT2D eigenvalue weighted by atomic mass is 10.0. The molecule has 1 N–H and O–H groups in total. The molecule has 0 saturated carbocycles. The summed E-state index contributed by atoms with van der Waals surface area (Å²) in [6.45, 7) is 2.95. The maximum Gasteiger partial charge on any atom is 0.0883 e. The Morgan fingerprint density at radius 3 is 3.00 bits per heavy atom. The van der Waals surface area contributed by atoms with Crippen molar-refractivity contribution in [3.8, 4) is 0 Å². The molecule has 0 spiro atoms. The summed E-state index contributed by atoms with van der Waals surface area (Å²) in [6, 6.07) is 2.07. The van der Waals surface area contributed by atoms with E-state index in [0.29, 0.717) is 6.10 Å². The van der Waals surface area contributed by atoms with E-state index in [1.54, 1.807) is 11.3 Å². The Balaban J connectivity index is 1.82. The van der Waals surface area contributed by atoms with Gasteiger partial charge < -0.3 is 9.84 Å². The average molecular weight is 319 g/mol. The van der Waals surface area contributed by atoms with Crippen molar-refractivity contribution >= 4 is 27.3 Å². The highest BCUT2D eigenvalue weighted by molar-refractivity contribution is 9.11. The topological polar surface area (TPSA) is 29.5 Å². The van der Waals surface area contributed by atoms with Gasteiger partial charge in [0.25, 0.3) is 0 Å². The predicted octanol–water partition coefficient (Wildman–Crippen LogP) is 4.20. The second-order valence-corrected chi connectivity index (χ2v) is 7.09. The van der Waals surface area contributed by atoms with Crippen LogP contribution in [0.25, 0.3) is 0 Å². The van der Waals surface area contributed by atoms with Gasteiger partial charge in [0, 0.05) is 11.5 Å². The van der Waals surface area contributed by atoms with Gasteiger partial charge in [-0.1, -0.05) is 0 Å². The van der Waals surface area contributed by atoms with E-state index in [1.165, 1.54) is 18.4 Å². The number of halogens is 1. The lowest BCUT2D eigenvalue weighted by Crippen LogP contribution is -2.19. The quantitative estimate of drug-likeness (QED) is 0.901. The molecule has 2 unspecified atom stereocenters. The van der Waals surface area contributed by atoms with Crippen LogP contribution in [0.1, 0.15) is 48.6 Å². The van der Waals surface area contributed by atoms with Crippen molar-refractivity contribution < 1.29 is 9.84 Å². The van der Waals surface area contributed by atoms with Crippen molar-refractivity contribution in [2.45, 2.75) is 51.2 Å². The van der Waals surface area contributed by atoms with Crippen LogP contribution in [0.4, 0.5) is 0 Å². The highest BCUT2D eigenvalue weighted by atomic mass is 79.9. The van der Waals surface area contributed by atoms with Gasteiger partial charge in [-0.2, -0.15) is 0 Å². The molecule has 2 atom stereocenters. The van der Waals surface area contributed by atoms with Crippen LogP contribution < -0.4 is 0 Å².